The molecule has 1 aliphatic carbocycles. The molecule has 2 aromatic rings. The molecule has 0 atom stereocenters. The Balaban J connectivity index is 0.000000582. The summed E-state index contributed by atoms with van der Waals surface area (Å²) in [7, 11) is -4.01. The number of rotatable bonds is 2. The Morgan fingerprint density at radius 1 is 0.786 bits per heavy atom. The molecule has 0 aliphatic heterocycles. The average Bonchev–Trinajstić information content (AvgIpc) is 2.66. The van der Waals surface area contributed by atoms with Crippen LogP contribution in [0.25, 0.3) is 38.0 Å². The van der Waals surface area contributed by atoms with Crippen LogP contribution >= 0.6 is 0 Å². The van der Waals surface area contributed by atoms with Crippen molar-refractivity contribution in [3.63, 3.8) is 0 Å². The number of fused-ring (bicyclic) bond motifs is 1. The number of Topliss-reactive ketones (excluding diaryl/α,β-unsaturated/α-hetero) is 2. The van der Waals surface area contributed by atoms with E-state index >= 15 is 0 Å². The molecular formula is C17H12N6O4S-2. The standard InChI is InChI=1S/C17H12O4S.2N3/c1-11-6-8-13(9-7-11)22(20,21)15-10-12-4-2-3-5-14(12)16(18)17(15)19;2*1-3-2/h2-10H,1H3;;/q;2*-1. The van der Waals surface area contributed by atoms with Crippen LogP contribution in [0.2, 0.25) is 0 Å². The van der Waals surface area contributed by atoms with Crippen molar-refractivity contribution < 1.29 is 18.0 Å². The van der Waals surface area contributed by atoms with Gasteiger partial charge in [-0.3, -0.25) is 19.4 Å². The number of nitrogens with zero attached hydrogens (tertiary/aromatic N) is 6. The lowest BCUT2D eigenvalue weighted by Crippen LogP contribution is -2.26. The predicted octanol–water partition coefficient (Wildman–Crippen LogP) is 4.31. The smallest absolute Gasteiger partial charge is 0.245 e. The van der Waals surface area contributed by atoms with E-state index in [4.69, 9.17) is 22.1 Å². The number of hydrogen-bond donors (Lipinski definition) is 0. The molecule has 2 aromatic carbocycles. The summed E-state index contributed by atoms with van der Waals surface area (Å²) in [6.45, 7) is 1.83. The summed E-state index contributed by atoms with van der Waals surface area (Å²) in [4.78, 5) is 26.8. The summed E-state index contributed by atoms with van der Waals surface area (Å²) in [5.41, 5.74) is 28.6. The highest BCUT2D eigenvalue weighted by atomic mass is 32.2. The maximum atomic E-state index is 12.6. The van der Waals surface area contributed by atoms with Crippen molar-refractivity contribution in [2.75, 3.05) is 0 Å². The summed E-state index contributed by atoms with van der Waals surface area (Å²) < 4.78 is 25.2. The van der Waals surface area contributed by atoms with Gasteiger partial charge in [-0.05, 0) is 30.7 Å². The molecule has 0 fully saturated rings. The highest BCUT2D eigenvalue weighted by Crippen LogP contribution is 2.29. The molecule has 142 valence electrons. The number of allylic oxidation sites excluding steroid dienone is 1. The zero-order chi connectivity index (χ0) is 21.3. The van der Waals surface area contributed by atoms with Gasteiger partial charge in [-0.2, -0.15) is 0 Å². The fraction of sp³-hybridized carbons (Fsp3) is 0.0588. The Morgan fingerprint density at radius 3 is 1.82 bits per heavy atom. The van der Waals surface area contributed by atoms with E-state index in [-0.39, 0.29) is 10.5 Å². The first-order chi connectivity index (χ1) is 13.2. The molecule has 10 nitrogen and oxygen atoms in total. The number of ketones is 2. The van der Waals surface area contributed by atoms with Gasteiger partial charge in [0.15, 0.2) is 0 Å². The highest BCUT2D eigenvalue weighted by molar-refractivity contribution is 7.96. The quantitative estimate of drug-likeness (QED) is 0.317. The van der Waals surface area contributed by atoms with E-state index in [2.05, 4.69) is 0 Å². The summed E-state index contributed by atoms with van der Waals surface area (Å²) in [6.07, 6.45) is 1.27. The van der Waals surface area contributed by atoms with Crippen molar-refractivity contribution in [2.24, 2.45) is 0 Å². The van der Waals surface area contributed by atoms with E-state index < -0.39 is 26.3 Å². The summed E-state index contributed by atoms with van der Waals surface area (Å²) in [5.74, 6) is -1.77. The summed E-state index contributed by atoms with van der Waals surface area (Å²) in [5, 5.41) is 0. The molecule has 28 heavy (non-hydrogen) atoms. The van der Waals surface area contributed by atoms with E-state index in [1.165, 1.54) is 34.1 Å². The van der Waals surface area contributed by atoms with Gasteiger partial charge in [0, 0.05) is 5.56 Å². The van der Waals surface area contributed by atoms with Gasteiger partial charge in [-0.25, -0.2) is 8.42 Å². The molecule has 3 rings (SSSR count). The number of hydrogen-bond acceptors (Lipinski definition) is 4. The molecule has 0 spiro atoms. The second-order valence-electron chi connectivity index (χ2n) is 5.25. The Bertz CT molecular complexity index is 1100. The van der Waals surface area contributed by atoms with E-state index in [1.807, 2.05) is 6.92 Å². The van der Waals surface area contributed by atoms with Crippen molar-refractivity contribution in [3.05, 3.63) is 102 Å². The van der Waals surface area contributed by atoms with Gasteiger partial charge >= 0.3 is 0 Å². The number of benzene rings is 2. The molecule has 0 saturated heterocycles. The zero-order valence-corrected chi connectivity index (χ0v) is 15.2. The lowest BCUT2D eigenvalue weighted by atomic mass is 9.95. The van der Waals surface area contributed by atoms with Gasteiger partial charge < -0.3 is 22.1 Å². The van der Waals surface area contributed by atoms with Crippen LogP contribution in [0.1, 0.15) is 21.5 Å². The molecule has 0 N–H and O–H groups in total. The van der Waals surface area contributed by atoms with Crippen LogP contribution in [0.5, 0.6) is 0 Å². The normalized spacial score (nSPS) is 12.0. The van der Waals surface area contributed by atoms with E-state index in [0.717, 1.165) is 5.56 Å². The first-order valence-electron chi connectivity index (χ1n) is 7.43. The zero-order valence-electron chi connectivity index (χ0n) is 14.4. The number of sulfone groups is 1. The molecular weight excluding hydrogens is 384 g/mol. The van der Waals surface area contributed by atoms with Gasteiger partial charge in [0.1, 0.15) is 4.91 Å². The Hall–Kier alpha value is -3.91. The van der Waals surface area contributed by atoms with E-state index in [0.29, 0.717) is 5.56 Å². The van der Waals surface area contributed by atoms with Crippen molar-refractivity contribution >= 4 is 27.5 Å². The molecule has 0 bridgehead atoms. The minimum atomic E-state index is -4.01. The molecule has 0 saturated carbocycles. The average molecular weight is 396 g/mol. The Morgan fingerprint density at radius 2 is 1.29 bits per heavy atom. The number of carbonyl (C=O) groups is 2. The number of carbonyl (C=O) groups excluding carboxylic acids is 2. The fourth-order valence-corrected chi connectivity index (χ4v) is 3.68. The summed E-state index contributed by atoms with van der Waals surface area (Å²) >= 11 is 0. The highest BCUT2D eigenvalue weighted by Gasteiger charge is 2.35. The van der Waals surface area contributed by atoms with Crippen LogP contribution in [0.3, 0.4) is 0 Å². The third-order valence-electron chi connectivity index (χ3n) is 3.54. The SMILES string of the molecule is Cc1ccc(S(=O)(=O)C2=Cc3ccccc3C(=O)C2=O)cc1.[N-]=[N+]=[N-].[N-]=[N+]=[N-]. The van der Waals surface area contributed by atoms with E-state index in [9.17, 15) is 18.0 Å². The second kappa shape index (κ2) is 9.70. The minimum Gasteiger partial charge on any atom is -0.373 e. The van der Waals surface area contributed by atoms with Crippen LogP contribution in [0.4, 0.5) is 0 Å². The molecule has 1 aliphatic rings. The van der Waals surface area contributed by atoms with Crippen molar-refractivity contribution in [1.82, 2.24) is 0 Å². The van der Waals surface area contributed by atoms with Gasteiger partial charge in [0.25, 0.3) is 0 Å². The molecule has 0 amide bonds. The molecule has 0 aromatic heterocycles. The maximum Gasteiger partial charge on any atom is 0.245 e. The lowest BCUT2D eigenvalue weighted by molar-refractivity contribution is -0.111. The molecule has 0 unspecified atom stereocenters. The van der Waals surface area contributed by atoms with Crippen molar-refractivity contribution in [3.8, 4) is 0 Å². The maximum absolute atomic E-state index is 12.6. The van der Waals surface area contributed by atoms with Crippen molar-refractivity contribution in [2.45, 2.75) is 11.8 Å². The third-order valence-corrected chi connectivity index (χ3v) is 5.32. The van der Waals surface area contributed by atoms with Crippen molar-refractivity contribution in [1.29, 1.82) is 0 Å². The molecule has 0 heterocycles. The minimum absolute atomic E-state index is 0.00452. The Kier molecular flexibility index (Phi) is 7.66. The van der Waals surface area contributed by atoms with Gasteiger partial charge in [0.05, 0.1) is 4.90 Å². The second-order valence-corrected chi connectivity index (χ2v) is 7.17. The molecule has 11 heteroatoms. The molecule has 0 radical (unpaired) electrons. The van der Waals surface area contributed by atoms with Crippen LogP contribution in [-0.4, -0.2) is 20.0 Å². The van der Waals surface area contributed by atoms with Crippen LogP contribution in [0, 0.1) is 6.92 Å². The van der Waals surface area contributed by atoms with Crippen LogP contribution < -0.4 is 0 Å². The fourth-order valence-electron chi connectivity index (χ4n) is 2.31. The monoisotopic (exact) mass is 396 g/mol. The van der Waals surface area contributed by atoms with Gasteiger partial charge in [0.2, 0.25) is 21.4 Å². The third kappa shape index (κ3) is 4.83. The predicted molar refractivity (Wildman–Crippen MR) is 102 cm³/mol. The Labute approximate surface area is 159 Å². The van der Waals surface area contributed by atoms with E-state index in [1.54, 1.807) is 30.3 Å². The summed E-state index contributed by atoms with van der Waals surface area (Å²) in [6, 6.07) is 12.6. The van der Waals surface area contributed by atoms with Crippen LogP contribution in [0.15, 0.2) is 58.3 Å². The topological polar surface area (TPSA) is 186 Å². The van der Waals surface area contributed by atoms with Gasteiger partial charge in [-0.1, -0.05) is 42.0 Å². The first kappa shape index (κ1) is 22.1. The first-order valence-corrected chi connectivity index (χ1v) is 8.91. The largest absolute Gasteiger partial charge is 0.373 e. The number of aryl methyl sites for hydroxylation is 1. The van der Waals surface area contributed by atoms with Gasteiger partial charge in [-0.15, -0.1) is 0 Å². The lowest BCUT2D eigenvalue weighted by Gasteiger charge is -2.14. The van der Waals surface area contributed by atoms with Crippen LogP contribution in [-0.2, 0) is 14.6 Å².